The fourth-order valence-corrected chi connectivity index (χ4v) is 1.99. The average Bonchev–Trinajstić information content (AvgIpc) is 2.25. The van der Waals surface area contributed by atoms with Crippen molar-refractivity contribution in [3.63, 3.8) is 0 Å². The van der Waals surface area contributed by atoms with Gasteiger partial charge in [-0.3, -0.25) is 0 Å². The van der Waals surface area contributed by atoms with Gasteiger partial charge in [-0.15, -0.1) is 0 Å². The lowest BCUT2D eigenvalue weighted by molar-refractivity contribution is 1.15. The summed E-state index contributed by atoms with van der Waals surface area (Å²) in [4.78, 5) is 7.37. The summed E-state index contributed by atoms with van der Waals surface area (Å²) in [5, 5.41) is 0. The number of halogens is 1. The summed E-state index contributed by atoms with van der Waals surface area (Å²) in [5.41, 5.74) is 3.45. The quantitative estimate of drug-likeness (QED) is 0.799. The van der Waals surface area contributed by atoms with E-state index < -0.39 is 0 Å². The number of aromatic nitrogens is 2. The molecule has 0 aliphatic rings. The zero-order valence-electron chi connectivity index (χ0n) is 9.04. The summed E-state index contributed by atoms with van der Waals surface area (Å²) in [5.74, 6) is 0.811. The van der Waals surface area contributed by atoms with Gasteiger partial charge in [0.15, 0.2) is 0 Å². The van der Waals surface area contributed by atoms with Gasteiger partial charge in [-0.05, 0) is 43.2 Å². The third kappa shape index (κ3) is 2.23. The normalized spacial score (nSPS) is 10.4. The summed E-state index contributed by atoms with van der Waals surface area (Å²) in [6.07, 6.45) is 1.72. The Kier molecular flexibility index (Phi) is 3.21. The zero-order valence-corrected chi connectivity index (χ0v) is 11.4. The standard InChI is InChI=1S/C12H11BrN2S/c1-7-5-9(6-8(2)11(7)13)12-14-4-3-10(16)15-12/h3-6H,1-2H3,(H,14,15,16). The third-order valence-electron chi connectivity index (χ3n) is 2.38. The molecule has 16 heavy (non-hydrogen) atoms. The van der Waals surface area contributed by atoms with Crippen LogP contribution in [0.1, 0.15) is 11.1 Å². The van der Waals surface area contributed by atoms with E-state index in [1.807, 2.05) is 0 Å². The van der Waals surface area contributed by atoms with Gasteiger partial charge in [0, 0.05) is 16.2 Å². The number of H-pyrrole nitrogens is 1. The molecule has 4 heteroatoms. The second kappa shape index (κ2) is 4.47. The molecular weight excluding hydrogens is 284 g/mol. The van der Waals surface area contributed by atoms with Crippen molar-refractivity contribution in [1.82, 2.24) is 9.97 Å². The number of nitrogens with zero attached hydrogens (tertiary/aromatic N) is 1. The molecule has 1 aromatic heterocycles. The molecule has 82 valence electrons. The van der Waals surface area contributed by atoms with E-state index in [1.165, 1.54) is 11.1 Å². The first-order valence-corrected chi connectivity index (χ1v) is 6.10. The Hall–Kier alpha value is -1.000. The summed E-state index contributed by atoms with van der Waals surface area (Å²) < 4.78 is 1.84. The number of hydrogen-bond donors (Lipinski definition) is 1. The van der Waals surface area contributed by atoms with Gasteiger partial charge < -0.3 is 4.98 Å². The molecule has 2 nitrogen and oxygen atoms in total. The van der Waals surface area contributed by atoms with Crippen molar-refractivity contribution in [2.24, 2.45) is 0 Å². The Balaban J connectivity index is 2.61. The smallest absolute Gasteiger partial charge is 0.138 e. The van der Waals surface area contributed by atoms with Crippen LogP contribution < -0.4 is 0 Å². The molecule has 0 bridgehead atoms. The van der Waals surface area contributed by atoms with Crippen molar-refractivity contribution >= 4 is 28.1 Å². The number of rotatable bonds is 1. The van der Waals surface area contributed by atoms with Crippen molar-refractivity contribution in [3.05, 3.63) is 44.6 Å². The van der Waals surface area contributed by atoms with Crippen LogP contribution in [0, 0.1) is 18.5 Å². The third-order valence-corrected chi connectivity index (χ3v) is 3.87. The maximum Gasteiger partial charge on any atom is 0.138 e. The van der Waals surface area contributed by atoms with Crippen LogP contribution in [0.25, 0.3) is 11.4 Å². The highest BCUT2D eigenvalue weighted by molar-refractivity contribution is 9.10. The molecule has 0 aliphatic heterocycles. The molecule has 1 N–H and O–H groups in total. The molecule has 0 saturated carbocycles. The van der Waals surface area contributed by atoms with Gasteiger partial charge in [0.1, 0.15) is 10.5 Å². The van der Waals surface area contributed by atoms with Crippen LogP contribution in [0.2, 0.25) is 0 Å². The molecule has 0 unspecified atom stereocenters. The van der Waals surface area contributed by atoms with E-state index in [4.69, 9.17) is 12.2 Å². The maximum atomic E-state index is 5.09. The van der Waals surface area contributed by atoms with E-state index in [1.54, 1.807) is 12.3 Å². The summed E-state index contributed by atoms with van der Waals surface area (Å²) in [6, 6.07) is 5.95. The predicted octanol–water partition coefficient (Wildman–Crippen LogP) is 4.19. The second-order valence-electron chi connectivity index (χ2n) is 3.71. The lowest BCUT2D eigenvalue weighted by atomic mass is 10.1. The van der Waals surface area contributed by atoms with Crippen LogP contribution in [0.15, 0.2) is 28.9 Å². The topological polar surface area (TPSA) is 28.7 Å². The highest BCUT2D eigenvalue weighted by atomic mass is 79.9. The van der Waals surface area contributed by atoms with E-state index in [-0.39, 0.29) is 0 Å². The van der Waals surface area contributed by atoms with Crippen molar-refractivity contribution in [2.45, 2.75) is 13.8 Å². The number of aryl methyl sites for hydroxylation is 2. The molecule has 2 aromatic rings. The van der Waals surface area contributed by atoms with E-state index in [9.17, 15) is 0 Å². The highest BCUT2D eigenvalue weighted by Gasteiger charge is 2.05. The van der Waals surface area contributed by atoms with Crippen LogP contribution >= 0.6 is 28.1 Å². The van der Waals surface area contributed by atoms with Crippen LogP contribution in [0.5, 0.6) is 0 Å². The van der Waals surface area contributed by atoms with Gasteiger partial charge in [0.2, 0.25) is 0 Å². The number of nitrogens with one attached hydrogen (secondary N) is 1. The van der Waals surface area contributed by atoms with Crippen molar-refractivity contribution in [2.75, 3.05) is 0 Å². The van der Waals surface area contributed by atoms with E-state index >= 15 is 0 Å². The molecule has 1 aromatic carbocycles. The monoisotopic (exact) mass is 294 g/mol. The molecule has 0 radical (unpaired) electrons. The first-order valence-electron chi connectivity index (χ1n) is 4.90. The molecule has 0 fully saturated rings. The molecular formula is C12H11BrN2S. The van der Waals surface area contributed by atoms with Gasteiger partial charge >= 0.3 is 0 Å². The van der Waals surface area contributed by atoms with Crippen molar-refractivity contribution < 1.29 is 0 Å². The average molecular weight is 295 g/mol. The zero-order chi connectivity index (χ0) is 11.7. The summed E-state index contributed by atoms with van der Waals surface area (Å²) in [7, 11) is 0. The lowest BCUT2D eigenvalue weighted by Gasteiger charge is -2.07. The van der Waals surface area contributed by atoms with Gasteiger partial charge in [0.25, 0.3) is 0 Å². The van der Waals surface area contributed by atoms with E-state index in [0.717, 1.165) is 15.9 Å². The van der Waals surface area contributed by atoms with E-state index in [0.29, 0.717) is 4.64 Å². The molecule has 0 atom stereocenters. The minimum Gasteiger partial charge on any atom is -0.331 e. The Morgan fingerprint density at radius 2 is 1.88 bits per heavy atom. The van der Waals surface area contributed by atoms with Gasteiger partial charge in [-0.25, -0.2) is 4.98 Å². The van der Waals surface area contributed by atoms with Crippen LogP contribution in [0.4, 0.5) is 0 Å². The first-order chi connectivity index (χ1) is 7.58. The van der Waals surface area contributed by atoms with Crippen LogP contribution in [-0.2, 0) is 0 Å². The summed E-state index contributed by atoms with van der Waals surface area (Å²) in [6.45, 7) is 4.14. The molecule has 0 spiro atoms. The first kappa shape index (κ1) is 11.5. The molecule has 0 amide bonds. The Morgan fingerprint density at radius 3 is 2.44 bits per heavy atom. The fraction of sp³-hybridized carbons (Fsp3) is 0.167. The highest BCUT2D eigenvalue weighted by Crippen LogP contribution is 2.26. The maximum absolute atomic E-state index is 5.09. The second-order valence-corrected chi connectivity index (χ2v) is 4.94. The molecule has 0 saturated heterocycles. The van der Waals surface area contributed by atoms with Gasteiger partial charge in [-0.2, -0.15) is 0 Å². The summed E-state index contributed by atoms with van der Waals surface area (Å²) >= 11 is 8.64. The Morgan fingerprint density at radius 1 is 1.25 bits per heavy atom. The number of hydrogen-bond acceptors (Lipinski definition) is 2. The van der Waals surface area contributed by atoms with Crippen molar-refractivity contribution in [1.29, 1.82) is 0 Å². The molecule has 1 heterocycles. The predicted molar refractivity (Wildman–Crippen MR) is 72.0 cm³/mol. The van der Waals surface area contributed by atoms with Gasteiger partial charge in [-0.1, -0.05) is 28.1 Å². The van der Waals surface area contributed by atoms with Crippen LogP contribution in [0.3, 0.4) is 0 Å². The largest absolute Gasteiger partial charge is 0.331 e. The fourth-order valence-electron chi connectivity index (χ4n) is 1.60. The molecule has 2 rings (SSSR count). The number of aromatic amines is 1. The van der Waals surface area contributed by atoms with Crippen LogP contribution in [-0.4, -0.2) is 9.97 Å². The Bertz CT molecular complexity index is 567. The minimum absolute atomic E-state index is 0.697. The van der Waals surface area contributed by atoms with Crippen molar-refractivity contribution in [3.8, 4) is 11.4 Å². The number of benzene rings is 1. The minimum atomic E-state index is 0.697. The lowest BCUT2D eigenvalue weighted by Crippen LogP contribution is -1.91. The molecule has 0 aliphatic carbocycles. The van der Waals surface area contributed by atoms with E-state index in [2.05, 4.69) is 51.9 Å². The Labute approximate surface area is 108 Å². The van der Waals surface area contributed by atoms with Gasteiger partial charge in [0.05, 0.1) is 0 Å². The SMILES string of the molecule is Cc1cc(-c2nccc(=S)[nH]2)cc(C)c1Br.